The Bertz CT molecular complexity index is 773. The summed E-state index contributed by atoms with van der Waals surface area (Å²) in [5.74, 6) is -0.236. The molecule has 4 heterocycles. The van der Waals surface area contributed by atoms with Crippen molar-refractivity contribution in [3.8, 4) is 0 Å². The SMILES string of the molecule is CN1CCN(c2nc3c(cc2F)COC(C2NC(=O)NC2=O)=C3)CC1. The molecule has 0 saturated carbocycles. The Balaban J connectivity index is 1.64. The number of imide groups is 1. The van der Waals surface area contributed by atoms with E-state index in [2.05, 4.69) is 20.5 Å². The van der Waals surface area contributed by atoms with Crippen molar-refractivity contribution in [2.45, 2.75) is 12.6 Å². The summed E-state index contributed by atoms with van der Waals surface area (Å²) in [6, 6.07) is -0.00796. The first kappa shape index (κ1) is 15.8. The topological polar surface area (TPSA) is 86.8 Å². The summed E-state index contributed by atoms with van der Waals surface area (Å²) in [6.45, 7) is 3.20. The molecule has 3 aliphatic heterocycles. The van der Waals surface area contributed by atoms with Crippen molar-refractivity contribution >= 4 is 23.8 Å². The lowest BCUT2D eigenvalue weighted by Crippen LogP contribution is -2.45. The molecule has 1 unspecified atom stereocenters. The Kier molecular flexibility index (Phi) is 3.79. The first-order valence-corrected chi connectivity index (χ1v) is 8.10. The van der Waals surface area contributed by atoms with Gasteiger partial charge < -0.3 is 19.9 Å². The molecular weight excluding hydrogens is 329 g/mol. The standard InChI is InChI=1S/C16H18FN5O3/c1-21-2-4-22(5-3-21)14-10(17)6-9-8-25-12(7-11(9)18-14)13-15(23)20-16(24)19-13/h6-7,13H,2-5,8H2,1H3,(H2,19,20,23,24). The summed E-state index contributed by atoms with van der Waals surface area (Å²) < 4.78 is 20.0. The maximum atomic E-state index is 14.5. The van der Waals surface area contributed by atoms with Crippen LogP contribution in [0, 0.1) is 5.82 Å². The molecule has 25 heavy (non-hydrogen) atoms. The quantitative estimate of drug-likeness (QED) is 0.736. The van der Waals surface area contributed by atoms with Crippen LogP contribution in [0.3, 0.4) is 0 Å². The second-order valence-electron chi connectivity index (χ2n) is 6.36. The summed E-state index contributed by atoms with van der Waals surface area (Å²) in [5.41, 5.74) is 1.18. The van der Waals surface area contributed by atoms with Crippen LogP contribution in [-0.4, -0.2) is 61.1 Å². The maximum Gasteiger partial charge on any atom is 0.322 e. The Morgan fingerprint density at radius 3 is 2.72 bits per heavy atom. The number of nitrogens with zero attached hydrogens (tertiary/aromatic N) is 3. The number of aromatic nitrogens is 1. The van der Waals surface area contributed by atoms with E-state index in [-0.39, 0.29) is 12.4 Å². The van der Waals surface area contributed by atoms with Crippen LogP contribution < -0.4 is 15.5 Å². The number of carbonyl (C=O) groups is 2. The number of hydrogen-bond acceptors (Lipinski definition) is 6. The molecule has 0 spiro atoms. The average molecular weight is 347 g/mol. The molecule has 1 aromatic heterocycles. The number of carbonyl (C=O) groups excluding carboxylic acids is 2. The largest absolute Gasteiger partial charge is 0.490 e. The number of hydrogen-bond donors (Lipinski definition) is 2. The van der Waals surface area contributed by atoms with Gasteiger partial charge in [-0.1, -0.05) is 0 Å². The minimum atomic E-state index is -0.875. The van der Waals surface area contributed by atoms with Crippen LogP contribution in [0.1, 0.15) is 11.3 Å². The van der Waals surface area contributed by atoms with Crippen molar-refractivity contribution in [1.82, 2.24) is 20.5 Å². The molecule has 2 fully saturated rings. The number of piperazine rings is 1. The second-order valence-corrected chi connectivity index (χ2v) is 6.36. The van der Waals surface area contributed by atoms with Crippen LogP contribution in [-0.2, 0) is 16.1 Å². The third-order valence-corrected chi connectivity index (χ3v) is 4.60. The minimum Gasteiger partial charge on any atom is -0.490 e. The fourth-order valence-electron chi connectivity index (χ4n) is 3.13. The van der Waals surface area contributed by atoms with Crippen LogP contribution in [0.4, 0.5) is 15.0 Å². The molecule has 4 rings (SSSR count). The van der Waals surface area contributed by atoms with Crippen molar-refractivity contribution in [2.75, 3.05) is 38.1 Å². The van der Waals surface area contributed by atoms with Gasteiger partial charge in [0.2, 0.25) is 0 Å². The molecule has 0 aliphatic carbocycles. The van der Waals surface area contributed by atoms with Crippen molar-refractivity contribution in [1.29, 1.82) is 0 Å². The van der Waals surface area contributed by atoms with Gasteiger partial charge in [0, 0.05) is 37.8 Å². The molecule has 1 aromatic rings. The van der Waals surface area contributed by atoms with Gasteiger partial charge in [-0.3, -0.25) is 10.1 Å². The summed E-state index contributed by atoms with van der Waals surface area (Å²) >= 11 is 0. The molecule has 132 valence electrons. The first-order chi connectivity index (χ1) is 12.0. The maximum absolute atomic E-state index is 14.5. The van der Waals surface area contributed by atoms with Crippen molar-refractivity contribution < 1.29 is 18.7 Å². The van der Waals surface area contributed by atoms with Crippen molar-refractivity contribution in [2.24, 2.45) is 0 Å². The van der Waals surface area contributed by atoms with Gasteiger partial charge in [0.1, 0.15) is 12.4 Å². The van der Waals surface area contributed by atoms with E-state index in [4.69, 9.17) is 4.74 Å². The second kappa shape index (κ2) is 5.99. The van der Waals surface area contributed by atoms with E-state index in [1.807, 2.05) is 11.9 Å². The highest BCUT2D eigenvalue weighted by Crippen LogP contribution is 2.28. The van der Waals surface area contributed by atoms with Crippen molar-refractivity contribution in [3.05, 3.63) is 28.9 Å². The fraction of sp³-hybridized carbons (Fsp3) is 0.438. The monoisotopic (exact) mass is 347 g/mol. The van der Waals surface area contributed by atoms with E-state index in [1.165, 1.54) is 6.07 Å². The van der Waals surface area contributed by atoms with Crippen LogP contribution >= 0.6 is 0 Å². The number of fused-ring (bicyclic) bond motifs is 1. The van der Waals surface area contributed by atoms with Crippen LogP contribution in [0.15, 0.2) is 11.8 Å². The lowest BCUT2D eigenvalue weighted by atomic mass is 10.1. The van der Waals surface area contributed by atoms with E-state index in [1.54, 1.807) is 6.08 Å². The van der Waals surface area contributed by atoms with E-state index in [0.717, 1.165) is 13.1 Å². The van der Waals surface area contributed by atoms with Gasteiger partial charge >= 0.3 is 6.03 Å². The molecule has 3 amide bonds. The molecule has 2 N–H and O–H groups in total. The average Bonchev–Trinajstić information content (AvgIpc) is 2.93. The Hall–Kier alpha value is -2.68. The van der Waals surface area contributed by atoms with Gasteiger partial charge in [-0.25, -0.2) is 14.2 Å². The van der Waals surface area contributed by atoms with Gasteiger partial charge in [-0.2, -0.15) is 0 Å². The number of halogens is 1. The smallest absolute Gasteiger partial charge is 0.322 e. The molecule has 1 atom stereocenters. The highest BCUT2D eigenvalue weighted by atomic mass is 19.1. The number of anilines is 1. The molecular formula is C16H18FN5O3. The predicted molar refractivity (Wildman–Crippen MR) is 87.1 cm³/mol. The normalized spacial score (nSPS) is 23.5. The van der Waals surface area contributed by atoms with Gasteiger partial charge in [-0.15, -0.1) is 0 Å². The van der Waals surface area contributed by atoms with Gasteiger partial charge in [0.25, 0.3) is 5.91 Å². The van der Waals surface area contributed by atoms with Crippen LogP contribution in [0.25, 0.3) is 6.08 Å². The van der Waals surface area contributed by atoms with E-state index < -0.39 is 18.0 Å². The molecule has 8 nitrogen and oxygen atoms in total. The van der Waals surface area contributed by atoms with E-state index in [0.29, 0.717) is 35.9 Å². The van der Waals surface area contributed by atoms with E-state index >= 15 is 0 Å². The number of amides is 3. The molecule has 2 saturated heterocycles. The van der Waals surface area contributed by atoms with E-state index in [9.17, 15) is 14.0 Å². The lowest BCUT2D eigenvalue weighted by molar-refractivity contribution is -0.120. The Morgan fingerprint density at radius 1 is 1.28 bits per heavy atom. The molecule has 0 radical (unpaired) electrons. The first-order valence-electron chi connectivity index (χ1n) is 8.10. The Morgan fingerprint density at radius 2 is 2.04 bits per heavy atom. The fourth-order valence-corrected chi connectivity index (χ4v) is 3.13. The number of pyridine rings is 1. The zero-order valence-corrected chi connectivity index (χ0v) is 13.7. The summed E-state index contributed by atoms with van der Waals surface area (Å²) in [6.07, 6.45) is 1.59. The number of nitrogens with one attached hydrogen (secondary N) is 2. The highest BCUT2D eigenvalue weighted by Gasteiger charge is 2.35. The summed E-state index contributed by atoms with van der Waals surface area (Å²) in [4.78, 5) is 31.6. The van der Waals surface area contributed by atoms with Crippen LogP contribution in [0.5, 0.6) is 0 Å². The zero-order chi connectivity index (χ0) is 17.6. The summed E-state index contributed by atoms with van der Waals surface area (Å²) in [7, 11) is 2.03. The Labute approximate surface area is 143 Å². The minimum absolute atomic E-state index is 0.105. The highest BCUT2D eigenvalue weighted by molar-refractivity contribution is 6.06. The summed E-state index contributed by atoms with van der Waals surface area (Å²) in [5, 5.41) is 4.65. The lowest BCUT2D eigenvalue weighted by Gasteiger charge is -2.33. The van der Waals surface area contributed by atoms with Crippen LogP contribution in [0.2, 0.25) is 0 Å². The van der Waals surface area contributed by atoms with Gasteiger partial charge in [0.05, 0.1) is 5.69 Å². The third-order valence-electron chi connectivity index (χ3n) is 4.60. The molecule has 0 bridgehead atoms. The molecule has 3 aliphatic rings. The number of urea groups is 1. The number of rotatable bonds is 2. The van der Waals surface area contributed by atoms with Gasteiger partial charge in [-0.05, 0) is 13.1 Å². The predicted octanol–water partition coefficient (Wildman–Crippen LogP) is 0.0516. The molecule has 0 aromatic carbocycles. The van der Waals surface area contributed by atoms with Gasteiger partial charge in [0.15, 0.2) is 17.7 Å². The molecule has 9 heteroatoms. The number of ether oxygens (including phenoxy) is 1. The number of likely N-dealkylation sites (N-methyl/N-ethyl adjacent to an activating group) is 1. The zero-order valence-electron chi connectivity index (χ0n) is 13.7. The third kappa shape index (κ3) is 2.91. The van der Waals surface area contributed by atoms with Crippen molar-refractivity contribution in [3.63, 3.8) is 0 Å².